The molecule has 1 aromatic carbocycles. The average molecular weight is 275 g/mol. The number of hydrogen-bond donors (Lipinski definition) is 1. The molecule has 1 atom stereocenters. The second-order valence-corrected chi connectivity index (χ2v) is 5.56. The van der Waals surface area contributed by atoms with E-state index >= 15 is 0 Å². The minimum absolute atomic E-state index is 0.0729. The molecule has 2 rings (SSSR count). The zero-order valence-corrected chi connectivity index (χ0v) is 11.4. The molecule has 1 aliphatic rings. The van der Waals surface area contributed by atoms with Crippen molar-refractivity contribution in [2.45, 2.75) is 19.8 Å². The molecule has 0 amide bonds. The quantitative estimate of drug-likeness (QED) is 0.673. The van der Waals surface area contributed by atoms with Crippen LogP contribution in [-0.2, 0) is 0 Å². The van der Waals surface area contributed by atoms with Crippen LogP contribution < -0.4 is 4.90 Å². The molecule has 1 N–H and O–H groups in total. The maximum absolute atomic E-state index is 10.8. The highest BCUT2D eigenvalue weighted by atomic mass is 16.6. The third-order valence-electron chi connectivity index (χ3n) is 3.83. The molecule has 1 saturated heterocycles. The molecule has 0 aromatic heterocycles. The van der Waals surface area contributed by atoms with Gasteiger partial charge < -0.3 is 10.0 Å². The Kier molecular flexibility index (Phi) is 3.91. The third kappa shape index (κ3) is 2.73. The molecule has 106 valence electrons. The lowest BCUT2D eigenvalue weighted by Crippen LogP contribution is -2.43. The average Bonchev–Trinajstić information content (AvgIpc) is 2.46. The minimum Gasteiger partial charge on any atom is -0.396 e. The molecular formula is C14H17N3O3. The summed E-state index contributed by atoms with van der Waals surface area (Å²) in [6.45, 7) is 3.65. The van der Waals surface area contributed by atoms with Gasteiger partial charge in [0.2, 0.25) is 0 Å². The summed E-state index contributed by atoms with van der Waals surface area (Å²) in [5.41, 5.74) is 0.542. The number of aliphatic hydroxyl groups is 1. The number of anilines is 1. The van der Waals surface area contributed by atoms with E-state index in [-0.39, 0.29) is 23.3 Å². The monoisotopic (exact) mass is 275 g/mol. The van der Waals surface area contributed by atoms with Crippen molar-refractivity contribution in [1.29, 1.82) is 5.26 Å². The van der Waals surface area contributed by atoms with Gasteiger partial charge in [-0.15, -0.1) is 0 Å². The predicted molar refractivity (Wildman–Crippen MR) is 74.5 cm³/mol. The van der Waals surface area contributed by atoms with Gasteiger partial charge in [-0.2, -0.15) is 5.26 Å². The van der Waals surface area contributed by atoms with Crippen molar-refractivity contribution < 1.29 is 10.0 Å². The van der Waals surface area contributed by atoms with E-state index in [9.17, 15) is 15.2 Å². The lowest BCUT2D eigenvalue weighted by molar-refractivity contribution is -0.385. The number of nitro benzene ring substituents is 1. The summed E-state index contributed by atoms with van der Waals surface area (Å²) < 4.78 is 0. The zero-order chi connectivity index (χ0) is 14.8. The van der Waals surface area contributed by atoms with Crippen LogP contribution in [-0.4, -0.2) is 29.7 Å². The predicted octanol–water partition coefficient (Wildman–Crippen LogP) is 2.07. The van der Waals surface area contributed by atoms with Crippen LogP contribution in [0.25, 0.3) is 0 Å². The molecule has 1 fully saturated rings. The number of piperidine rings is 1. The minimum atomic E-state index is -0.545. The second kappa shape index (κ2) is 5.47. The van der Waals surface area contributed by atoms with Crippen molar-refractivity contribution in [3.05, 3.63) is 33.9 Å². The van der Waals surface area contributed by atoms with Crippen LogP contribution in [0.2, 0.25) is 0 Å². The van der Waals surface area contributed by atoms with E-state index in [0.29, 0.717) is 6.54 Å². The largest absolute Gasteiger partial charge is 0.396 e. The van der Waals surface area contributed by atoms with E-state index in [2.05, 4.69) is 4.90 Å². The first kappa shape index (κ1) is 14.3. The first-order valence-electron chi connectivity index (χ1n) is 6.53. The van der Waals surface area contributed by atoms with Gasteiger partial charge in [-0.3, -0.25) is 10.1 Å². The summed E-state index contributed by atoms with van der Waals surface area (Å²) in [5.74, 6) is 0. The fraction of sp³-hybridized carbons (Fsp3) is 0.500. The van der Waals surface area contributed by atoms with Gasteiger partial charge in [0, 0.05) is 30.3 Å². The molecule has 0 saturated carbocycles. The van der Waals surface area contributed by atoms with E-state index < -0.39 is 4.92 Å². The Morgan fingerprint density at radius 3 is 2.95 bits per heavy atom. The summed E-state index contributed by atoms with van der Waals surface area (Å²) >= 11 is 0. The first-order chi connectivity index (χ1) is 9.49. The van der Waals surface area contributed by atoms with Crippen LogP contribution in [0, 0.1) is 26.9 Å². The lowest BCUT2D eigenvalue weighted by Gasteiger charge is -2.40. The van der Waals surface area contributed by atoms with Crippen molar-refractivity contribution in [2.75, 3.05) is 24.6 Å². The molecule has 0 radical (unpaired) electrons. The Balaban J connectivity index is 2.30. The van der Waals surface area contributed by atoms with E-state index in [1.165, 1.54) is 6.07 Å². The molecule has 1 heterocycles. The first-order valence-corrected chi connectivity index (χ1v) is 6.53. The number of rotatable bonds is 3. The van der Waals surface area contributed by atoms with E-state index in [0.717, 1.165) is 25.1 Å². The third-order valence-corrected chi connectivity index (χ3v) is 3.83. The number of hydrogen-bond acceptors (Lipinski definition) is 5. The number of aliphatic hydroxyl groups excluding tert-OH is 1. The van der Waals surface area contributed by atoms with Crippen LogP contribution >= 0.6 is 0 Å². The SMILES string of the molecule is CC1(CO)CCCN(c2ccc([N+](=O)[O-])c(C#N)c2)C1. The van der Waals surface area contributed by atoms with Gasteiger partial charge in [0.15, 0.2) is 0 Å². The molecule has 6 heteroatoms. The summed E-state index contributed by atoms with van der Waals surface area (Å²) in [5, 5.41) is 29.3. The summed E-state index contributed by atoms with van der Waals surface area (Å²) in [6.07, 6.45) is 1.91. The smallest absolute Gasteiger partial charge is 0.287 e. The summed E-state index contributed by atoms with van der Waals surface area (Å²) in [4.78, 5) is 12.4. The van der Waals surface area contributed by atoms with Crippen molar-refractivity contribution in [1.82, 2.24) is 0 Å². The van der Waals surface area contributed by atoms with Crippen molar-refractivity contribution in [3.63, 3.8) is 0 Å². The standard InChI is InChI=1S/C14H17N3O3/c1-14(10-18)5-2-6-16(9-14)12-3-4-13(17(19)20)11(7-12)8-15/h3-4,7,18H,2,5-6,9-10H2,1H3. The normalized spacial score (nSPS) is 22.4. The van der Waals surface area contributed by atoms with Crippen LogP contribution in [0.4, 0.5) is 11.4 Å². The second-order valence-electron chi connectivity index (χ2n) is 5.56. The Hall–Kier alpha value is -2.13. The highest BCUT2D eigenvalue weighted by Gasteiger charge is 2.31. The molecule has 6 nitrogen and oxygen atoms in total. The van der Waals surface area contributed by atoms with Gasteiger partial charge in [0.05, 0.1) is 11.5 Å². The molecular weight excluding hydrogens is 258 g/mol. The van der Waals surface area contributed by atoms with E-state index in [1.807, 2.05) is 13.0 Å². The van der Waals surface area contributed by atoms with Crippen molar-refractivity contribution in [3.8, 4) is 6.07 Å². The van der Waals surface area contributed by atoms with Crippen LogP contribution in [0.5, 0.6) is 0 Å². The van der Waals surface area contributed by atoms with Crippen molar-refractivity contribution >= 4 is 11.4 Å². The Labute approximate surface area is 117 Å². The van der Waals surface area contributed by atoms with Gasteiger partial charge >= 0.3 is 0 Å². The molecule has 1 aromatic rings. The molecule has 20 heavy (non-hydrogen) atoms. The Morgan fingerprint density at radius 2 is 2.35 bits per heavy atom. The number of nitriles is 1. The van der Waals surface area contributed by atoms with Gasteiger partial charge in [0.1, 0.15) is 11.6 Å². The van der Waals surface area contributed by atoms with E-state index in [1.54, 1.807) is 12.1 Å². The highest BCUT2D eigenvalue weighted by molar-refractivity contribution is 5.60. The van der Waals surface area contributed by atoms with E-state index in [4.69, 9.17) is 5.26 Å². The number of benzene rings is 1. The lowest BCUT2D eigenvalue weighted by atomic mass is 9.82. The molecule has 1 unspecified atom stereocenters. The molecule has 0 aliphatic carbocycles. The topological polar surface area (TPSA) is 90.4 Å². The fourth-order valence-corrected chi connectivity index (χ4v) is 2.63. The number of nitrogens with zero attached hydrogens (tertiary/aromatic N) is 3. The fourth-order valence-electron chi connectivity index (χ4n) is 2.63. The maximum Gasteiger partial charge on any atom is 0.287 e. The van der Waals surface area contributed by atoms with Gasteiger partial charge in [-0.1, -0.05) is 6.92 Å². The molecule has 0 spiro atoms. The van der Waals surface area contributed by atoms with Gasteiger partial charge in [-0.25, -0.2) is 0 Å². The molecule has 0 bridgehead atoms. The maximum atomic E-state index is 10.8. The van der Waals surface area contributed by atoms with Gasteiger partial charge in [0.25, 0.3) is 5.69 Å². The summed E-state index contributed by atoms with van der Waals surface area (Å²) in [6, 6.07) is 6.47. The highest BCUT2D eigenvalue weighted by Crippen LogP contribution is 2.33. The zero-order valence-electron chi connectivity index (χ0n) is 11.4. The van der Waals surface area contributed by atoms with Crippen LogP contribution in [0.15, 0.2) is 18.2 Å². The number of nitro groups is 1. The van der Waals surface area contributed by atoms with Crippen LogP contribution in [0.1, 0.15) is 25.3 Å². The Bertz CT molecular complexity index is 567. The van der Waals surface area contributed by atoms with Gasteiger partial charge in [-0.05, 0) is 25.0 Å². The molecule has 1 aliphatic heterocycles. The summed E-state index contributed by atoms with van der Waals surface area (Å²) in [7, 11) is 0. The van der Waals surface area contributed by atoms with Crippen molar-refractivity contribution in [2.24, 2.45) is 5.41 Å². The Morgan fingerprint density at radius 1 is 1.60 bits per heavy atom. The van der Waals surface area contributed by atoms with Crippen LogP contribution in [0.3, 0.4) is 0 Å².